The maximum Gasteiger partial charge on any atom is 0.410 e. The molecule has 1 aromatic carbocycles. The Morgan fingerprint density at radius 1 is 1.20 bits per heavy atom. The molecule has 2 aliphatic rings. The van der Waals surface area contributed by atoms with E-state index in [-0.39, 0.29) is 29.4 Å². The van der Waals surface area contributed by atoms with Crippen LogP contribution in [0.3, 0.4) is 0 Å². The maximum atomic E-state index is 13.5. The van der Waals surface area contributed by atoms with Crippen LogP contribution in [0.2, 0.25) is 0 Å². The van der Waals surface area contributed by atoms with Gasteiger partial charge in [-0.05, 0) is 77.1 Å². The van der Waals surface area contributed by atoms with E-state index in [0.29, 0.717) is 32.5 Å². The topological polar surface area (TPSA) is 106 Å². The molecule has 4 heterocycles. The number of nitrogens with one attached hydrogen (secondary N) is 2. The van der Waals surface area contributed by atoms with E-state index in [0.717, 1.165) is 37.7 Å². The third-order valence-electron chi connectivity index (χ3n) is 7.35. The minimum atomic E-state index is -0.573. The third kappa shape index (κ3) is 5.77. The number of thiophene rings is 1. The minimum absolute atomic E-state index is 0.112. The number of rotatable bonds is 6. The molecule has 0 unspecified atom stereocenters. The number of aryl methyl sites for hydroxylation is 3. The number of hydrogen-bond donors (Lipinski definition) is 2. The van der Waals surface area contributed by atoms with Gasteiger partial charge in [0.05, 0.1) is 25.7 Å². The highest BCUT2D eigenvalue weighted by atomic mass is 32.1. The molecule has 0 saturated heterocycles. The summed E-state index contributed by atoms with van der Waals surface area (Å²) in [6.45, 7) is 13.1. The third-order valence-corrected chi connectivity index (χ3v) is 8.51. The Balaban J connectivity index is 1.23. The van der Waals surface area contributed by atoms with Crippen molar-refractivity contribution in [2.45, 2.75) is 91.7 Å². The molecule has 3 aromatic rings. The standard InChI is InChI=1S/C30H37N5O4S/c1-17-7-8-18(2)23(11-17)19(3)33-26-28(37)35-21(13-31-26)9-10-24(35)27(36)32-14-22-12-20-15-34(16-25(20)40-22)29(38)39-30(4,5)6/h7-8,11-13,19,24H,9-10,14-16H2,1-6H3,(H,31,33)(H,32,36)/t19-,24+/m1/s1. The first-order chi connectivity index (χ1) is 18.9. The van der Waals surface area contributed by atoms with Crippen LogP contribution in [-0.2, 0) is 35.6 Å². The van der Waals surface area contributed by atoms with Gasteiger partial charge >= 0.3 is 6.09 Å². The minimum Gasteiger partial charge on any atom is -0.444 e. The fourth-order valence-corrected chi connectivity index (χ4v) is 6.50. The molecule has 2 aliphatic heterocycles. The number of carbonyl (C=O) groups is 2. The predicted octanol–water partition coefficient (Wildman–Crippen LogP) is 5.15. The van der Waals surface area contributed by atoms with E-state index in [1.165, 1.54) is 0 Å². The number of fused-ring (bicyclic) bond motifs is 2. The lowest BCUT2D eigenvalue weighted by Gasteiger charge is -2.24. The smallest absolute Gasteiger partial charge is 0.410 e. The first-order valence-corrected chi connectivity index (χ1v) is 14.5. The first-order valence-electron chi connectivity index (χ1n) is 13.7. The zero-order valence-corrected chi connectivity index (χ0v) is 24.8. The molecule has 2 aromatic heterocycles. The summed E-state index contributed by atoms with van der Waals surface area (Å²) in [6.07, 6.45) is 2.57. The van der Waals surface area contributed by atoms with E-state index in [4.69, 9.17) is 4.74 Å². The number of aromatic nitrogens is 2. The van der Waals surface area contributed by atoms with E-state index in [1.807, 2.05) is 40.7 Å². The molecule has 2 N–H and O–H groups in total. The fourth-order valence-electron chi connectivity index (χ4n) is 5.36. The zero-order valence-electron chi connectivity index (χ0n) is 24.0. The zero-order chi connectivity index (χ0) is 28.8. The Labute approximate surface area is 238 Å². The SMILES string of the molecule is Cc1ccc(C)c([C@@H](C)Nc2ncc3n(c2=O)[C@H](C(=O)NCc2cc4c(s2)CN(C(=O)OC(C)(C)C)C4)CC3)c1. The highest BCUT2D eigenvalue weighted by Crippen LogP contribution is 2.32. The summed E-state index contributed by atoms with van der Waals surface area (Å²) >= 11 is 1.59. The largest absolute Gasteiger partial charge is 0.444 e. The second-order valence-corrected chi connectivity index (χ2v) is 13.0. The van der Waals surface area contributed by atoms with Gasteiger partial charge in [0.1, 0.15) is 11.6 Å². The van der Waals surface area contributed by atoms with Crippen molar-refractivity contribution in [1.29, 1.82) is 0 Å². The summed E-state index contributed by atoms with van der Waals surface area (Å²) in [5.74, 6) is 0.0746. The second-order valence-electron chi connectivity index (χ2n) is 11.8. The van der Waals surface area contributed by atoms with Crippen LogP contribution in [0.15, 0.2) is 35.3 Å². The van der Waals surface area contributed by atoms with E-state index in [2.05, 4.69) is 40.7 Å². The van der Waals surface area contributed by atoms with Crippen LogP contribution in [0.25, 0.3) is 0 Å². The second kappa shape index (κ2) is 10.7. The fraction of sp³-hybridized carbons (Fsp3) is 0.467. The quantitative estimate of drug-likeness (QED) is 0.430. The van der Waals surface area contributed by atoms with Crippen molar-refractivity contribution >= 4 is 29.2 Å². The van der Waals surface area contributed by atoms with Crippen LogP contribution in [0, 0.1) is 13.8 Å². The molecule has 0 saturated carbocycles. The molecule has 2 atom stereocenters. The van der Waals surface area contributed by atoms with Crippen molar-refractivity contribution in [3.63, 3.8) is 0 Å². The summed E-state index contributed by atoms with van der Waals surface area (Å²) in [4.78, 5) is 47.3. The molecule has 10 heteroatoms. The number of amides is 2. The maximum absolute atomic E-state index is 13.5. The van der Waals surface area contributed by atoms with Crippen molar-refractivity contribution in [2.75, 3.05) is 5.32 Å². The number of carbonyl (C=O) groups excluding carboxylic acids is 2. The van der Waals surface area contributed by atoms with E-state index >= 15 is 0 Å². The van der Waals surface area contributed by atoms with Crippen LogP contribution in [-0.4, -0.2) is 32.1 Å². The van der Waals surface area contributed by atoms with Gasteiger partial charge in [0.2, 0.25) is 5.91 Å². The highest BCUT2D eigenvalue weighted by Gasteiger charge is 2.32. The molecule has 5 rings (SSSR count). The lowest BCUT2D eigenvalue weighted by atomic mass is 10.00. The summed E-state index contributed by atoms with van der Waals surface area (Å²) in [7, 11) is 0. The summed E-state index contributed by atoms with van der Waals surface area (Å²) < 4.78 is 7.08. The highest BCUT2D eigenvalue weighted by molar-refractivity contribution is 7.12. The molecule has 212 valence electrons. The number of benzene rings is 1. The average Bonchev–Trinajstić information content (AvgIpc) is 3.58. The molecular weight excluding hydrogens is 526 g/mol. The number of nitrogens with zero attached hydrogens (tertiary/aromatic N) is 3. The number of anilines is 1. The average molecular weight is 564 g/mol. The van der Waals surface area contributed by atoms with Crippen molar-refractivity contribution in [3.05, 3.63) is 78.5 Å². The molecule has 0 spiro atoms. The monoisotopic (exact) mass is 563 g/mol. The van der Waals surface area contributed by atoms with Gasteiger partial charge in [-0.1, -0.05) is 23.8 Å². The predicted molar refractivity (Wildman–Crippen MR) is 155 cm³/mol. The molecule has 0 aliphatic carbocycles. The lowest BCUT2D eigenvalue weighted by molar-refractivity contribution is -0.124. The van der Waals surface area contributed by atoms with Gasteiger partial charge in [-0.3, -0.25) is 19.1 Å². The van der Waals surface area contributed by atoms with Crippen molar-refractivity contribution in [3.8, 4) is 0 Å². The van der Waals surface area contributed by atoms with Crippen molar-refractivity contribution in [1.82, 2.24) is 19.8 Å². The number of ether oxygens (including phenoxy) is 1. The van der Waals surface area contributed by atoms with Crippen LogP contribution < -0.4 is 16.2 Å². The van der Waals surface area contributed by atoms with Gasteiger partial charge in [0, 0.05) is 21.6 Å². The first kappa shape index (κ1) is 27.9. The van der Waals surface area contributed by atoms with E-state index in [1.54, 1.807) is 27.0 Å². The molecule has 0 bridgehead atoms. The van der Waals surface area contributed by atoms with Crippen LogP contribution in [0.4, 0.5) is 10.6 Å². The normalized spacial score (nSPS) is 16.9. The molecule has 40 heavy (non-hydrogen) atoms. The molecule has 0 fully saturated rings. The van der Waals surface area contributed by atoms with Crippen LogP contribution in [0.5, 0.6) is 0 Å². The number of hydrogen-bond acceptors (Lipinski definition) is 7. The van der Waals surface area contributed by atoms with Crippen molar-refractivity contribution < 1.29 is 14.3 Å². The summed E-state index contributed by atoms with van der Waals surface area (Å²) in [5, 5.41) is 6.30. The van der Waals surface area contributed by atoms with Crippen molar-refractivity contribution in [2.24, 2.45) is 0 Å². The Morgan fingerprint density at radius 3 is 2.70 bits per heavy atom. The molecule has 9 nitrogen and oxygen atoms in total. The Bertz CT molecular complexity index is 1500. The Kier molecular flexibility index (Phi) is 7.48. The summed E-state index contributed by atoms with van der Waals surface area (Å²) in [5.41, 5.74) is 4.45. The van der Waals surface area contributed by atoms with Crippen LogP contribution in [0.1, 0.15) is 83.9 Å². The van der Waals surface area contributed by atoms with E-state index < -0.39 is 11.6 Å². The molecule has 0 radical (unpaired) electrons. The van der Waals surface area contributed by atoms with Gasteiger partial charge in [-0.2, -0.15) is 0 Å². The lowest BCUT2D eigenvalue weighted by Crippen LogP contribution is -2.36. The van der Waals surface area contributed by atoms with Gasteiger partial charge < -0.3 is 15.4 Å². The Morgan fingerprint density at radius 2 is 1.98 bits per heavy atom. The van der Waals surface area contributed by atoms with Gasteiger partial charge in [0.15, 0.2) is 5.82 Å². The van der Waals surface area contributed by atoms with Gasteiger partial charge in [-0.25, -0.2) is 9.78 Å². The molecule has 2 amide bonds. The van der Waals surface area contributed by atoms with Crippen LogP contribution >= 0.6 is 11.3 Å². The molecular formula is C30H37N5O4S. The Hall–Kier alpha value is -3.66. The van der Waals surface area contributed by atoms with E-state index in [9.17, 15) is 14.4 Å². The summed E-state index contributed by atoms with van der Waals surface area (Å²) in [6, 6.07) is 7.62. The van der Waals surface area contributed by atoms with Gasteiger partial charge in [-0.15, -0.1) is 11.3 Å². The van der Waals surface area contributed by atoms with Gasteiger partial charge in [0.25, 0.3) is 5.56 Å².